The van der Waals surface area contributed by atoms with Crippen LogP contribution in [0.2, 0.25) is 0 Å². The van der Waals surface area contributed by atoms with Crippen LogP contribution in [0, 0.1) is 11.3 Å². The smallest absolute Gasteiger partial charge is 0.223 e. The van der Waals surface area contributed by atoms with E-state index in [1.807, 2.05) is 0 Å². The van der Waals surface area contributed by atoms with Gasteiger partial charge < -0.3 is 10.6 Å². The molecule has 1 spiro atoms. The second kappa shape index (κ2) is 5.15. The quantitative estimate of drug-likeness (QED) is 0.895. The van der Waals surface area contributed by atoms with Crippen molar-refractivity contribution >= 4 is 17.2 Å². The summed E-state index contributed by atoms with van der Waals surface area (Å²) in [6.07, 6.45) is 3.43. The van der Waals surface area contributed by atoms with Crippen LogP contribution in [-0.4, -0.2) is 25.5 Å². The second-order valence-electron chi connectivity index (χ2n) is 6.95. The highest BCUT2D eigenvalue weighted by Gasteiger charge is 2.57. The highest BCUT2D eigenvalue weighted by atomic mass is 32.1. The fourth-order valence-corrected chi connectivity index (χ4v) is 4.23. The molecule has 2 fully saturated rings. The molecule has 2 N–H and O–H groups in total. The number of hydrogen-bond donors (Lipinski definition) is 2. The molecule has 3 rings (SSSR count). The maximum absolute atomic E-state index is 12.4. The summed E-state index contributed by atoms with van der Waals surface area (Å²) in [5.74, 6) is 0.542. The van der Waals surface area contributed by atoms with Crippen LogP contribution in [0.1, 0.15) is 38.0 Å². The molecule has 0 radical (unpaired) electrons. The Kier molecular flexibility index (Phi) is 3.63. The van der Waals surface area contributed by atoms with Gasteiger partial charge in [0.25, 0.3) is 0 Å². The minimum Gasteiger partial charge on any atom is -0.355 e. The van der Waals surface area contributed by atoms with Gasteiger partial charge in [-0.3, -0.25) is 4.79 Å². The Morgan fingerprint density at radius 3 is 2.90 bits per heavy atom. The van der Waals surface area contributed by atoms with Crippen LogP contribution in [-0.2, 0) is 10.2 Å². The topological polar surface area (TPSA) is 41.1 Å². The van der Waals surface area contributed by atoms with Gasteiger partial charge in [0.2, 0.25) is 5.91 Å². The van der Waals surface area contributed by atoms with Crippen molar-refractivity contribution in [1.82, 2.24) is 10.6 Å². The predicted molar refractivity (Wildman–Crippen MR) is 83.0 cm³/mol. The molecule has 2 heterocycles. The molecule has 1 aromatic heterocycles. The molecule has 2 aliphatic rings. The van der Waals surface area contributed by atoms with E-state index in [9.17, 15) is 4.79 Å². The van der Waals surface area contributed by atoms with Gasteiger partial charge in [0.05, 0.1) is 0 Å². The third-order valence-electron chi connectivity index (χ3n) is 5.00. The van der Waals surface area contributed by atoms with Crippen LogP contribution in [0.25, 0.3) is 0 Å². The Balaban J connectivity index is 1.53. The largest absolute Gasteiger partial charge is 0.355 e. The third kappa shape index (κ3) is 2.63. The number of carbonyl (C=O) groups excluding carboxylic acids is 1. The first-order valence-electron chi connectivity index (χ1n) is 7.56. The van der Waals surface area contributed by atoms with E-state index < -0.39 is 0 Å². The number of amides is 1. The standard InChI is InChI=1S/C16H24N2OS/c1-15(2,13-4-3-9-20-13)11-18-14(19)12-10-16(12)5-7-17-8-6-16/h3-4,9,12,17H,5-8,10-11H2,1-2H3,(H,18,19). The monoisotopic (exact) mass is 292 g/mol. The van der Waals surface area contributed by atoms with Crippen molar-refractivity contribution in [3.8, 4) is 0 Å². The number of piperidine rings is 1. The summed E-state index contributed by atoms with van der Waals surface area (Å²) in [6, 6.07) is 4.23. The highest BCUT2D eigenvalue weighted by molar-refractivity contribution is 7.10. The number of carbonyl (C=O) groups is 1. The molecule has 0 bridgehead atoms. The van der Waals surface area contributed by atoms with Crippen molar-refractivity contribution < 1.29 is 4.79 Å². The van der Waals surface area contributed by atoms with Gasteiger partial charge in [0, 0.05) is 22.8 Å². The average Bonchev–Trinajstić information content (AvgIpc) is 2.91. The molecular formula is C16H24N2OS. The van der Waals surface area contributed by atoms with E-state index in [1.165, 1.54) is 17.7 Å². The summed E-state index contributed by atoms with van der Waals surface area (Å²) in [4.78, 5) is 13.7. The van der Waals surface area contributed by atoms with Crippen LogP contribution >= 0.6 is 11.3 Å². The molecule has 1 aliphatic carbocycles. The third-order valence-corrected chi connectivity index (χ3v) is 6.23. The summed E-state index contributed by atoms with van der Waals surface area (Å²) in [5, 5.41) is 8.68. The Morgan fingerprint density at radius 1 is 1.50 bits per heavy atom. The fourth-order valence-electron chi connectivity index (χ4n) is 3.38. The van der Waals surface area contributed by atoms with Crippen molar-refractivity contribution in [3.63, 3.8) is 0 Å². The van der Waals surface area contributed by atoms with Crippen molar-refractivity contribution in [3.05, 3.63) is 22.4 Å². The van der Waals surface area contributed by atoms with Crippen molar-refractivity contribution in [1.29, 1.82) is 0 Å². The van der Waals surface area contributed by atoms with Gasteiger partial charge in [-0.15, -0.1) is 11.3 Å². The zero-order valence-corrected chi connectivity index (χ0v) is 13.2. The average molecular weight is 292 g/mol. The van der Waals surface area contributed by atoms with Crippen molar-refractivity contribution in [2.45, 2.75) is 38.5 Å². The Morgan fingerprint density at radius 2 is 2.25 bits per heavy atom. The molecule has 1 saturated carbocycles. The lowest BCUT2D eigenvalue weighted by atomic mass is 9.90. The normalized spacial score (nSPS) is 24.6. The summed E-state index contributed by atoms with van der Waals surface area (Å²) < 4.78 is 0. The van der Waals surface area contributed by atoms with Gasteiger partial charge in [-0.2, -0.15) is 0 Å². The summed E-state index contributed by atoms with van der Waals surface area (Å²) in [6.45, 7) is 7.28. The van der Waals surface area contributed by atoms with E-state index >= 15 is 0 Å². The first-order chi connectivity index (χ1) is 9.54. The van der Waals surface area contributed by atoms with E-state index in [0.29, 0.717) is 5.41 Å². The van der Waals surface area contributed by atoms with Crippen LogP contribution in [0.4, 0.5) is 0 Å². The predicted octanol–water partition coefficient (Wildman–Crippen LogP) is 2.53. The first-order valence-corrected chi connectivity index (χ1v) is 8.44. The molecular weight excluding hydrogens is 268 g/mol. The Bertz CT molecular complexity index is 475. The molecule has 0 aromatic carbocycles. The molecule has 1 atom stereocenters. The molecule has 3 nitrogen and oxygen atoms in total. The minimum absolute atomic E-state index is 0.0278. The van der Waals surface area contributed by atoms with Crippen molar-refractivity contribution in [2.75, 3.05) is 19.6 Å². The van der Waals surface area contributed by atoms with Gasteiger partial charge in [-0.25, -0.2) is 0 Å². The maximum atomic E-state index is 12.4. The lowest BCUT2D eigenvalue weighted by molar-refractivity contribution is -0.123. The lowest BCUT2D eigenvalue weighted by Crippen LogP contribution is -2.39. The van der Waals surface area contributed by atoms with Gasteiger partial charge in [-0.1, -0.05) is 19.9 Å². The fraction of sp³-hybridized carbons (Fsp3) is 0.688. The Labute approximate surface area is 125 Å². The zero-order valence-electron chi connectivity index (χ0n) is 12.4. The van der Waals surface area contributed by atoms with Gasteiger partial charge in [-0.05, 0) is 49.2 Å². The number of hydrogen-bond acceptors (Lipinski definition) is 3. The second-order valence-corrected chi connectivity index (χ2v) is 7.90. The molecule has 20 heavy (non-hydrogen) atoms. The van der Waals surface area contributed by atoms with Crippen LogP contribution < -0.4 is 10.6 Å². The first kappa shape index (κ1) is 14.1. The van der Waals surface area contributed by atoms with Crippen molar-refractivity contribution in [2.24, 2.45) is 11.3 Å². The van der Waals surface area contributed by atoms with E-state index in [2.05, 4.69) is 42.0 Å². The lowest BCUT2D eigenvalue weighted by Gasteiger charge is -2.25. The van der Waals surface area contributed by atoms with Crippen LogP contribution in [0.3, 0.4) is 0 Å². The molecule has 1 unspecified atom stereocenters. The van der Waals surface area contributed by atoms with E-state index in [-0.39, 0.29) is 17.2 Å². The minimum atomic E-state index is 0.0278. The van der Waals surface area contributed by atoms with E-state index in [4.69, 9.17) is 0 Å². The number of rotatable bonds is 4. The highest BCUT2D eigenvalue weighted by Crippen LogP contribution is 2.58. The maximum Gasteiger partial charge on any atom is 0.223 e. The van der Waals surface area contributed by atoms with E-state index in [0.717, 1.165) is 26.1 Å². The summed E-state index contributed by atoms with van der Waals surface area (Å²) in [5.41, 5.74) is 0.364. The molecule has 4 heteroatoms. The molecule has 1 aromatic rings. The Hall–Kier alpha value is -0.870. The summed E-state index contributed by atoms with van der Waals surface area (Å²) >= 11 is 1.77. The molecule has 1 amide bonds. The summed E-state index contributed by atoms with van der Waals surface area (Å²) in [7, 11) is 0. The van der Waals surface area contributed by atoms with Gasteiger partial charge in [0.15, 0.2) is 0 Å². The van der Waals surface area contributed by atoms with Crippen LogP contribution in [0.15, 0.2) is 17.5 Å². The SMILES string of the molecule is CC(C)(CNC(=O)C1CC12CCNCC2)c1cccs1. The molecule has 1 saturated heterocycles. The molecule has 110 valence electrons. The zero-order chi connectivity index (χ0) is 14.2. The van der Waals surface area contributed by atoms with Gasteiger partial charge >= 0.3 is 0 Å². The van der Waals surface area contributed by atoms with Gasteiger partial charge in [0.1, 0.15) is 0 Å². The number of thiophene rings is 1. The van der Waals surface area contributed by atoms with E-state index in [1.54, 1.807) is 11.3 Å². The van der Waals surface area contributed by atoms with Crippen LogP contribution in [0.5, 0.6) is 0 Å². The molecule has 1 aliphatic heterocycles. The number of nitrogens with one attached hydrogen (secondary N) is 2.